The highest BCUT2D eigenvalue weighted by molar-refractivity contribution is 7.89. The predicted octanol–water partition coefficient (Wildman–Crippen LogP) is 1.48. The van der Waals surface area contributed by atoms with Gasteiger partial charge in [0.05, 0.1) is 5.75 Å². The van der Waals surface area contributed by atoms with Crippen molar-refractivity contribution in [2.45, 2.75) is 52.0 Å². The molecule has 0 aliphatic heterocycles. The Morgan fingerprint density at radius 1 is 1.18 bits per heavy atom. The highest BCUT2D eigenvalue weighted by Crippen LogP contribution is 2.27. The van der Waals surface area contributed by atoms with E-state index in [2.05, 4.69) is 17.0 Å². The fourth-order valence-electron chi connectivity index (χ4n) is 2.52. The van der Waals surface area contributed by atoms with Crippen molar-refractivity contribution < 1.29 is 8.42 Å². The minimum atomic E-state index is -3.11. The molecule has 0 aromatic heterocycles. The summed E-state index contributed by atoms with van der Waals surface area (Å²) in [5, 5.41) is 3.05. The lowest BCUT2D eigenvalue weighted by atomic mass is 9.83. The molecule has 1 aliphatic rings. The molecule has 0 radical (unpaired) electrons. The highest BCUT2D eigenvalue weighted by Gasteiger charge is 2.27. The van der Waals surface area contributed by atoms with Gasteiger partial charge < -0.3 is 5.32 Å². The van der Waals surface area contributed by atoms with Gasteiger partial charge in [-0.3, -0.25) is 0 Å². The van der Waals surface area contributed by atoms with E-state index in [1.165, 1.54) is 6.42 Å². The van der Waals surface area contributed by atoms with Crippen LogP contribution >= 0.6 is 0 Å². The van der Waals surface area contributed by atoms with Gasteiger partial charge in [0.15, 0.2) is 0 Å². The zero-order valence-corrected chi connectivity index (χ0v) is 11.9. The Balaban J connectivity index is 2.44. The van der Waals surface area contributed by atoms with Crippen molar-refractivity contribution in [1.29, 1.82) is 0 Å². The predicted molar refractivity (Wildman–Crippen MR) is 71.5 cm³/mol. The lowest BCUT2D eigenvalue weighted by Gasteiger charge is -2.31. The topological polar surface area (TPSA) is 58.2 Å². The number of hydrogen-bond donors (Lipinski definition) is 2. The molecule has 0 amide bonds. The molecular weight excluding hydrogens is 236 g/mol. The molecule has 102 valence electrons. The van der Waals surface area contributed by atoms with E-state index in [9.17, 15) is 8.42 Å². The zero-order chi connectivity index (χ0) is 12.7. The second kappa shape index (κ2) is 7.34. The first kappa shape index (κ1) is 14.9. The maximum Gasteiger partial charge on any atom is 0.213 e. The molecule has 0 spiro atoms. The van der Waals surface area contributed by atoms with Crippen molar-refractivity contribution in [3.63, 3.8) is 0 Å². The first-order valence-corrected chi connectivity index (χ1v) is 8.45. The van der Waals surface area contributed by atoms with E-state index in [0.29, 0.717) is 12.5 Å². The van der Waals surface area contributed by atoms with Crippen LogP contribution in [0.4, 0.5) is 0 Å². The summed E-state index contributed by atoms with van der Waals surface area (Å²) in [6.45, 7) is 5.48. The minimum Gasteiger partial charge on any atom is -0.316 e. The quantitative estimate of drug-likeness (QED) is 0.683. The molecule has 0 aromatic carbocycles. The summed E-state index contributed by atoms with van der Waals surface area (Å²) in [6, 6.07) is 0.167. The number of rotatable bonds is 7. The summed E-state index contributed by atoms with van der Waals surface area (Å²) in [7, 11) is -3.11. The third-order valence-electron chi connectivity index (χ3n) is 3.56. The van der Waals surface area contributed by atoms with Gasteiger partial charge >= 0.3 is 0 Å². The maximum atomic E-state index is 11.9. The van der Waals surface area contributed by atoms with Gasteiger partial charge in [-0.15, -0.1) is 0 Å². The van der Waals surface area contributed by atoms with E-state index in [1.807, 2.05) is 6.92 Å². The van der Waals surface area contributed by atoms with Crippen LogP contribution in [0.2, 0.25) is 0 Å². The van der Waals surface area contributed by atoms with Crippen LogP contribution < -0.4 is 10.0 Å². The van der Waals surface area contributed by atoms with Crippen LogP contribution in [0.5, 0.6) is 0 Å². The molecule has 2 atom stereocenters. The second-order valence-corrected chi connectivity index (χ2v) is 6.72. The third kappa shape index (κ3) is 5.36. The molecule has 17 heavy (non-hydrogen) atoms. The van der Waals surface area contributed by atoms with E-state index in [4.69, 9.17) is 0 Å². The average Bonchev–Trinajstić information content (AvgIpc) is 2.29. The summed E-state index contributed by atoms with van der Waals surface area (Å²) < 4.78 is 26.7. The Morgan fingerprint density at radius 3 is 2.53 bits per heavy atom. The Hall–Kier alpha value is -0.130. The molecule has 1 aliphatic carbocycles. The standard InChI is InChI=1S/C12H26N2O2S/c1-3-11-7-5-6-8-12(11)14-17(15,16)10-9-13-4-2/h11-14H,3-10H2,1-2H3. The van der Waals surface area contributed by atoms with Gasteiger partial charge in [-0.2, -0.15) is 0 Å². The Labute approximate surface area is 106 Å². The lowest BCUT2D eigenvalue weighted by molar-refractivity contribution is 0.282. The summed E-state index contributed by atoms with van der Waals surface area (Å²) in [5.41, 5.74) is 0. The Bertz CT molecular complexity index is 304. The molecular formula is C12H26N2O2S. The normalized spacial score (nSPS) is 26.0. The van der Waals surface area contributed by atoms with E-state index < -0.39 is 10.0 Å². The fraction of sp³-hybridized carbons (Fsp3) is 1.00. The summed E-state index contributed by atoms with van der Waals surface area (Å²) in [5.74, 6) is 0.714. The summed E-state index contributed by atoms with van der Waals surface area (Å²) in [6.07, 6.45) is 5.63. The van der Waals surface area contributed by atoms with Crippen LogP contribution in [-0.2, 0) is 10.0 Å². The maximum absolute atomic E-state index is 11.9. The smallest absolute Gasteiger partial charge is 0.213 e. The first-order chi connectivity index (χ1) is 8.09. The van der Waals surface area contributed by atoms with Crippen molar-refractivity contribution in [2.24, 2.45) is 5.92 Å². The number of sulfonamides is 1. The Morgan fingerprint density at radius 2 is 1.88 bits per heavy atom. The average molecular weight is 262 g/mol. The largest absolute Gasteiger partial charge is 0.316 e. The van der Waals surface area contributed by atoms with Crippen molar-refractivity contribution in [1.82, 2.24) is 10.0 Å². The number of hydrogen-bond acceptors (Lipinski definition) is 3. The van der Waals surface area contributed by atoms with Gasteiger partial charge in [-0.25, -0.2) is 13.1 Å². The molecule has 0 saturated heterocycles. The monoisotopic (exact) mass is 262 g/mol. The summed E-state index contributed by atoms with van der Waals surface area (Å²) >= 11 is 0. The van der Waals surface area contributed by atoms with Gasteiger partial charge in [0.25, 0.3) is 0 Å². The van der Waals surface area contributed by atoms with Crippen molar-refractivity contribution in [3.05, 3.63) is 0 Å². The van der Waals surface area contributed by atoms with Crippen LogP contribution in [0.3, 0.4) is 0 Å². The molecule has 5 heteroatoms. The lowest BCUT2D eigenvalue weighted by Crippen LogP contribution is -2.44. The van der Waals surface area contributed by atoms with E-state index >= 15 is 0 Å². The van der Waals surface area contributed by atoms with Gasteiger partial charge in [-0.1, -0.05) is 33.1 Å². The summed E-state index contributed by atoms with van der Waals surface area (Å²) in [4.78, 5) is 0. The van der Waals surface area contributed by atoms with E-state index in [1.54, 1.807) is 0 Å². The van der Waals surface area contributed by atoms with Crippen LogP contribution in [-0.4, -0.2) is 33.3 Å². The van der Waals surface area contributed by atoms with Gasteiger partial charge in [0, 0.05) is 12.6 Å². The highest BCUT2D eigenvalue weighted by atomic mass is 32.2. The fourth-order valence-corrected chi connectivity index (χ4v) is 3.83. The third-order valence-corrected chi connectivity index (χ3v) is 4.97. The molecule has 1 saturated carbocycles. The second-order valence-electron chi connectivity index (χ2n) is 4.85. The molecule has 1 fully saturated rings. The van der Waals surface area contributed by atoms with E-state index in [0.717, 1.165) is 32.2 Å². The molecule has 1 rings (SSSR count). The molecule has 0 heterocycles. The van der Waals surface area contributed by atoms with Crippen LogP contribution in [0.15, 0.2) is 0 Å². The Kier molecular flexibility index (Phi) is 6.44. The zero-order valence-electron chi connectivity index (χ0n) is 11.0. The van der Waals surface area contributed by atoms with Crippen molar-refractivity contribution in [2.75, 3.05) is 18.8 Å². The molecule has 2 unspecified atom stereocenters. The van der Waals surface area contributed by atoms with Crippen LogP contribution in [0, 0.1) is 5.92 Å². The molecule has 2 N–H and O–H groups in total. The van der Waals surface area contributed by atoms with Crippen molar-refractivity contribution in [3.8, 4) is 0 Å². The van der Waals surface area contributed by atoms with Gasteiger partial charge in [0.2, 0.25) is 10.0 Å². The first-order valence-electron chi connectivity index (χ1n) is 6.79. The SMILES string of the molecule is CCNCCS(=O)(=O)NC1CCCCC1CC. The van der Waals surface area contributed by atoms with Crippen molar-refractivity contribution >= 4 is 10.0 Å². The molecule has 0 aromatic rings. The van der Waals surface area contributed by atoms with Crippen LogP contribution in [0.25, 0.3) is 0 Å². The molecule has 4 nitrogen and oxygen atoms in total. The van der Waals surface area contributed by atoms with Gasteiger partial charge in [0.1, 0.15) is 0 Å². The van der Waals surface area contributed by atoms with Crippen LogP contribution in [0.1, 0.15) is 46.0 Å². The minimum absolute atomic E-state index is 0.167. The number of nitrogens with one attached hydrogen (secondary N) is 2. The van der Waals surface area contributed by atoms with E-state index in [-0.39, 0.29) is 11.8 Å². The molecule has 0 bridgehead atoms. The van der Waals surface area contributed by atoms with Gasteiger partial charge in [-0.05, 0) is 25.3 Å².